The molecule has 178 valence electrons. The van der Waals surface area contributed by atoms with Crippen LogP contribution in [0, 0.1) is 11.3 Å². The summed E-state index contributed by atoms with van der Waals surface area (Å²) in [4.78, 5) is 20.8. The highest BCUT2D eigenvalue weighted by Crippen LogP contribution is 2.45. The number of hydrogen-bond acceptors (Lipinski definition) is 4. The summed E-state index contributed by atoms with van der Waals surface area (Å²) in [5.74, 6) is 1.20. The molecule has 1 aliphatic heterocycles. The fourth-order valence-electron chi connectivity index (χ4n) is 5.26. The van der Waals surface area contributed by atoms with Gasteiger partial charge in [0.1, 0.15) is 17.3 Å². The molecule has 0 spiro atoms. The summed E-state index contributed by atoms with van der Waals surface area (Å²) in [6.45, 7) is 12.2. The van der Waals surface area contributed by atoms with E-state index in [-0.39, 0.29) is 17.7 Å². The lowest BCUT2D eigenvalue weighted by Gasteiger charge is -2.45. The minimum atomic E-state index is -0.654. The lowest BCUT2D eigenvalue weighted by molar-refractivity contribution is -0.0207. The van der Waals surface area contributed by atoms with Gasteiger partial charge in [0.15, 0.2) is 0 Å². The van der Waals surface area contributed by atoms with Gasteiger partial charge in [-0.2, -0.15) is 0 Å². The van der Waals surface area contributed by atoms with E-state index in [1.807, 2.05) is 31.7 Å². The van der Waals surface area contributed by atoms with Gasteiger partial charge < -0.3 is 9.47 Å². The molecule has 0 N–H and O–H groups in total. The number of amides is 1. The number of carbonyl (C=O) groups excluding carboxylic acids is 1. The van der Waals surface area contributed by atoms with Crippen LogP contribution in [0.25, 0.3) is 0 Å². The average molecular weight is 443 g/mol. The summed E-state index contributed by atoms with van der Waals surface area (Å²) in [6, 6.07) is 10.4. The quantitative estimate of drug-likeness (QED) is 0.527. The molecular formula is C27H42N2O3. The first-order valence-corrected chi connectivity index (χ1v) is 12.1. The molecule has 1 aromatic carbocycles. The smallest absolute Gasteiger partial charge is 0.412 e. The van der Waals surface area contributed by atoms with Crippen LogP contribution in [0.1, 0.15) is 85.6 Å². The molecule has 0 aromatic heterocycles. The van der Waals surface area contributed by atoms with E-state index in [2.05, 4.69) is 45.0 Å². The van der Waals surface area contributed by atoms with Crippen molar-refractivity contribution in [3.63, 3.8) is 0 Å². The molecule has 0 bridgehead atoms. The van der Waals surface area contributed by atoms with Crippen LogP contribution in [0.4, 0.5) is 4.79 Å². The summed E-state index contributed by atoms with van der Waals surface area (Å²) >= 11 is 0. The number of nitrogens with zero attached hydrogens (tertiary/aromatic N) is 2. The predicted molar refractivity (Wildman–Crippen MR) is 130 cm³/mol. The Balaban J connectivity index is 2.12. The summed E-state index contributed by atoms with van der Waals surface area (Å²) < 4.78 is 12.0. The van der Waals surface area contributed by atoms with Gasteiger partial charge in [-0.15, -0.1) is 0 Å². The van der Waals surface area contributed by atoms with Gasteiger partial charge in [-0.25, -0.2) is 9.79 Å². The highest BCUT2D eigenvalue weighted by atomic mass is 16.6. The van der Waals surface area contributed by atoms with Crippen molar-refractivity contribution in [1.82, 2.24) is 4.90 Å². The largest absolute Gasteiger partial charge is 0.483 e. The first-order chi connectivity index (χ1) is 15.0. The zero-order valence-electron chi connectivity index (χ0n) is 21.1. The van der Waals surface area contributed by atoms with Crippen LogP contribution in [0.3, 0.4) is 0 Å². The third kappa shape index (κ3) is 5.47. The molecule has 1 fully saturated rings. The molecule has 0 unspecified atom stereocenters. The van der Waals surface area contributed by atoms with E-state index in [0.717, 1.165) is 6.42 Å². The SMILES string of the molecule is COC1=N[C@H](C(C)(C)C)N(C(=O)OC(C)(C)C)[C@@]1(Cc1ccccc1)CC1CCCCC1. The number of benzene rings is 1. The molecule has 0 saturated heterocycles. The van der Waals surface area contributed by atoms with Crippen LogP contribution in [0.15, 0.2) is 35.3 Å². The zero-order chi connectivity index (χ0) is 23.6. The Morgan fingerprint density at radius 3 is 2.22 bits per heavy atom. The lowest BCUT2D eigenvalue weighted by Crippen LogP contribution is -2.61. The van der Waals surface area contributed by atoms with Gasteiger partial charge in [0, 0.05) is 11.8 Å². The Morgan fingerprint density at radius 1 is 1.06 bits per heavy atom. The standard InChI is InChI=1S/C27H42N2O3/c1-25(2,3)22-28-23(31-7)27(18-20-14-10-8-11-15-20,19-21-16-12-9-13-17-21)29(22)24(30)32-26(4,5)6/h8,10-11,14-15,21-22H,9,12-13,16-19H2,1-7H3/t22-,27-/m0/s1. The Morgan fingerprint density at radius 2 is 1.69 bits per heavy atom. The van der Waals surface area contributed by atoms with Crippen molar-refractivity contribution < 1.29 is 14.3 Å². The van der Waals surface area contributed by atoms with Crippen molar-refractivity contribution >= 4 is 12.0 Å². The summed E-state index contributed by atoms with van der Waals surface area (Å²) in [5, 5.41) is 0. The molecule has 1 saturated carbocycles. The second-order valence-electron chi connectivity index (χ2n) is 11.6. The predicted octanol–water partition coefficient (Wildman–Crippen LogP) is 6.61. The number of carbonyl (C=O) groups is 1. The molecular weight excluding hydrogens is 400 g/mol. The van der Waals surface area contributed by atoms with E-state index < -0.39 is 11.1 Å². The topological polar surface area (TPSA) is 51.1 Å². The highest BCUT2D eigenvalue weighted by molar-refractivity contribution is 5.93. The van der Waals surface area contributed by atoms with Crippen LogP contribution in [0.2, 0.25) is 0 Å². The molecule has 1 aliphatic carbocycles. The van der Waals surface area contributed by atoms with Gasteiger partial charge >= 0.3 is 6.09 Å². The number of rotatable bonds is 4. The third-order valence-electron chi connectivity index (χ3n) is 6.59. The molecule has 2 atom stereocenters. The Kier molecular flexibility index (Phi) is 7.26. The molecule has 1 aromatic rings. The first kappa shape index (κ1) is 24.6. The number of hydrogen-bond donors (Lipinski definition) is 0. The monoisotopic (exact) mass is 442 g/mol. The zero-order valence-corrected chi connectivity index (χ0v) is 21.1. The van der Waals surface area contributed by atoms with Gasteiger partial charge in [-0.3, -0.25) is 4.90 Å². The van der Waals surface area contributed by atoms with Crippen LogP contribution in [0.5, 0.6) is 0 Å². The van der Waals surface area contributed by atoms with Crippen molar-refractivity contribution in [2.45, 2.75) is 104 Å². The van der Waals surface area contributed by atoms with Gasteiger partial charge in [0.25, 0.3) is 0 Å². The molecule has 32 heavy (non-hydrogen) atoms. The van der Waals surface area contributed by atoms with Gasteiger partial charge in [-0.1, -0.05) is 83.2 Å². The van der Waals surface area contributed by atoms with Crippen LogP contribution >= 0.6 is 0 Å². The van der Waals surface area contributed by atoms with Gasteiger partial charge in [0.2, 0.25) is 5.90 Å². The normalized spacial score (nSPS) is 24.9. The number of ether oxygens (including phenoxy) is 2. The Labute approximate surface area is 194 Å². The van der Waals surface area contributed by atoms with Crippen molar-refractivity contribution in [2.75, 3.05) is 7.11 Å². The molecule has 1 heterocycles. The maximum atomic E-state index is 13.8. The minimum absolute atomic E-state index is 0.258. The summed E-state index contributed by atoms with van der Waals surface area (Å²) in [5.41, 5.74) is -0.320. The van der Waals surface area contributed by atoms with E-state index in [4.69, 9.17) is 14.5 Å². The maximum Gasteiger partial charge on any atom is 0.412 e. The Bertz CT molecular complexity index is 800. The molecule has 0 radical (unpaired) electrons. The summed E-state index contributed by atoms with van der Waals surface area (Å²) in [7, 11) is 1.69. The number of aliphatic imine (C=N–C) groups is 1. The fourth-order valence-corrected chi connectivity index (χ4v) is 5.26. The van der Waals surface area contributed by atoms with Gasteiger partial charge in [-0.05, 0) is 38.7 Å². The molecule has 5 heteroatoms. The van der Waals surface area contributed by atoms with E-state index >= 15 is 0 Å². The van der Waals surface area contributed by atoms with Crippen molar-refractivity contribution in [3.05, 3.63) is 35.9 Å². The maximum absolute atomic E-state index is 13.8. The van der Waals surface area contributed by atoms with Gasteiger partial charge in [0.05, 0.1) is 7.11 Å². The van der Waals surface area contributed by atoms with Crippen LogP contribution < -0.4 is 0 Å². The lowest BCUT2D eigenvalue weighted by atomic mass is 9.75. The average Bonchev–Trinajstić information content (AvgIpc) is 3.02. The van der Waals surface area contributed by atoms with E-state index in [0.29, 0.717) is 18.2 Å². The first-order valence-electron chi connectivity index (χ1n) is 12.1. The van der Waals surface area contributed by atoms with Crippen molar-refractivity contribution in [2.24, 2.45) is 16.3 Å². The Hall–Kier alpha value is -2.04. The van der Waals surface area contributed by atoms with E-state index in [1.165, 1.54) is 37.7 Å². The summed E-state index contributed by atoms with van der Waals surface area (Å²) in [6.07, 6.45) is 7.05. The minimum Gasteiger partial charge on any atom is -0.483 e. The van der Waals surface area contributed by atoms with Crippen LogP contribution in [-0.2, 0) is 15.9 Å². The van der Waals surface area contributed by atoms with Crippen LogP contribution in [-0.4, -0.2) is 41.3 Å². The second-order valence-corrected chi connectivity index (χ2v) is 11.6. The molecule has 1 amide bonds. The highest BCUT2D eigenvalue weighted by Gasteiger charge is 2.57. The number of methoxy groups -OCH3 is 1. The molecule has 5 nitrogen and oxygen atoms in total. The van der Waals surface area contributed by atoms with Crippen molar-refractivity contribution in [3.8, 4) is 0 Å². The molecule has 3 rings (SSSR count). The second kappa shape index (κ2) is 9.44. The molecule has 2 aliphatic rings. The van der Waals surface area contributed by atoms with Crippen molar-refractivity contribution in [1.29, 1.82) is 0 Å². The third-order valence-corrected chi connectivity index (χ3v) is 6.59. The van der Waals surface area contributed by atoms with E-state index in [1.54, 1.807) is 7.11 Å². The van der Waals surface area contributed by atoms with E-state index in [9.17, 15) is 4.79 Å². The fraction of sp³-hybridized carbons (Fsp3) is 0.704.